The Morgan fingerprint density at radius 2 is 2.33 bits per heavy atom. The van der Waals surface area contributed by atoms with Gasteiger partial charge in [-0.05, 0) is 0 Å². The topological polar surface area (TPSA) is 16.1 Å². The first-order valence-corrected chi connectivity index (χ1v) is 2.89. The Kier molecular flexibility index (Phi) is 1.83. The van der Waals surface area contributed by atoms with Crippen LogP contribution < -0.4 is 4.90 Å². The second kappa shape index (κ2) is 2.62. The van der Waals surface area contributed by atoms with Crippen molar-refractivity contribution in [2.75, 3.05) is 19.0 Å². The molecule has 0 aliphatic rings. The molecule has 0 amide bonds. The summed E-state index contributed by atoms with van der Waals surface area (Å²) in [5.41, 5.74) is 0. The SMILES string of the molecule is CN(C)c1cccbn1. The molecule has 0 aliphatic heterocycles. The van der Waals surface area contributed by atoms with Gasteiger partial charge in [0.05, 0.1) is 0 Å². The summed E-state index contributed by atoms with van der Waals surface area (Å²) < 4.78 is 0. The Bertz CT molecular complexity index is 174. The van der Waals surface area contributed by atoms with E-state index in [0.717, 1.165) is 5.82 Å². The molecule has 0 saturated carbocycles. The number of nitrogens with zero attached hydrogens (tertiary/aromatic N) is 2. The van der Waals surface area contributed by atoms with Crippen molar-refractivity contribution in [1.29, 1.82) is 0 Å². The normalized spacial score (nSPS) is 8.67. The van der Waals surface area contributed by atoms with Crippen LogP contribution in [0.4, 0.5) is 5.82 Å². The summed E-state index contributed by atoms with van der Waals surface area (Å²) in [4.78, 5) is 6.08. The molecule has 0 saturated heterocycles. The molecule has 0 fully saturated rings. The Morgan fingerprint density at radius 1 is 1.56 bits per heavy atom. The van der Waals surface area contributed by atoms with Gasteiger partial charge in [-0.2, -0.15) is 0 Å². The third-order valence-electron chi connectivity index (χ3n) is 1.11. The first-order chi connectivity index (χ1) is 4.30. The van der Waals surface area contributed by atoms with Gasteiger partial charge in [0.2, 0.25) is 0 Å². The summed E-state index contributed by atoms with van der Waals surface area (Å²) in [7, 11) is 5.74. The molecule has 3 heteroatoms. The van der Waals surface area contributed by atoms with E-state index in [2.05, 4.69) is 4.89 Å². The Labute approximate surface area is 55.8 Å². The van der Waals surface area contributed by atoms with Crippen LogP contribution in [0.5, 0.6) is 0 Å². The molecule has 0 radical (unpaired) electrons. The monoisotopic (exact) mass is 120 g/mol. The number of rotatable bonds is 1. The van der Waals surface area contributed by atoms with Crippen molar-refractivity contribution >= 4 is 12.9 Å². The van der Waals surface area contributed by atoms with Gasteiger partial charge in [0, 0.05) is 0 Å². The van der Waals surface area contributed by atoms with Crippen LogP contribution in [0.1, 0.15) is 0 Å². The molecule has 0 aromatic carbocycles. The van der Waals surface area contributed by atoms with Crippen molar-refractivity contribution in [3.63, 3.8) is 0 Å². The van der Waals surface area contributed by atoms with Gasteiger partial charge in [0.15, 0.2) is 0 Å². The number of hydrogen-bond donors (Lipinski definition) is 0. The van der Waals surface area contributed by atoms with Gasteiger partial charge in [-0.15, -0.1) is 0 Å². The molecule has 46 valence electrons. The van der Waals surface area contributed by atoms with Crippen LogP contribution in [0, 0.1) is 0 Å². The molecule has 0 N–H and O–H groups in total. The van der Waals surface area contributed by atoms with Gasteiger partial charge in [0.1, 0.15) is 0 Å². The second-order valence-electron chi connectivity index (χ2n) is 2.08. The molecule has 1 rings (SSSR count). The van der Waals surface area contributed by atoms with Gasteiger partial charge in [-0.3, -0.25) is 0 Å². The van der Waals surface area contributed by atoms with E-state index in [1.165, 1.54) is 0 Å². The molecule has 0 atom stereocenters. The van der Waals surface area contributed by atoms with Crippen LogP contribution in [0.25, 0.3) is 0 Å². The van der Waals surface area contributed by atoms with E-state index >= 15 is 0 Å². The average Bonchev–Trinajstić information content (AvgIpc) is 1.90. The summed E-state index contributed by atoms with van der Waals surface area (Å²) in [5, 5.41) is 0. The molecule has 0 aliphatic carbocycles. The van der Waals surface area contributed by atoms with Crippen molar-refractivity contribution in [3.8, 4) is 0 Å². The van der Waals surface area contributed by atoms with E-state index in [9.17, 15) is 0 Å². The zero-order valence-corrected chi connectivity index (χ0v) is 5.70. The number of aromatic nitrogens is 1. The fourth-order valence-corrected chi connectivity index (χ4v) is 0.618. The minimum absolute atomic E-state index is 0.998. The zero-order valence-electron chi connectivity index (χ0n) is 5.70. The van der Waals surface area contributed by atoms with E-state index in [-0.39, 0.29) is 0 Å². The molecule has 0 unspecified atom stereocenters. The molecule has 1 aromatic heterocycles. The molecule has 1 heterocycles. The van der Waals surface area contributed by atoms with E-state index in [0.29, 0.717) is 0 Å². The summed E-state index contributed by atoms with van der Waals surface area (Å²) in [6, 6.07) is 3.95. The number of hydrogen-bond acceptors (Lipinski definition) is 2. The maximum absolute atomic E-state index is 4.10. The fourth-order valence-electron chi connectivity index (χ4n) is 0.618. The summed E-state index contributed by atoms with van der Waals surface area (Å²) in [6.45, 7) is 0. The molecular weight excluding hydrogens is 111 g/mol. The van der Waals surface area contributed by atoms with E-state index < -0.39 is 0 Å². The maximum atomic E-state index is 4.10. The van der Waals surface area contributed by atoms with Crippen molar-refractivity contribution in [1.82, 2.24) is 4.89 Å². The van der Waals surface area contributed by atoms with Gasteiger partial charge >= 0.3 is 54.9 Å². The summed E-state index contributed by atoms with van der Waals surface area (Å²) >= 11 is 0. The van der Waals surface area contributed by atoms with Crippen molar-refractivity contribution in [3.05, 3.63) is 18.1 Å². The summed E-state index contributed by atoms with van der Waals surface area (Å²) in [5.74, 6) is 2.91. The van der Waals surface area contributed by atoms with Crippen molar-refractivity contribution in [2.45, 2.75) is 0 Å². The van der Waals surface area contributed by atoms with Crippen molar-refractivity contribution in [2.24, 2.45) is 0 Å². The minimum atomic E-state index is 0.998. The van der Waals surface area contributed by atoms with Crippen LogP contribution >= 0.6 is 0 Å². The van der Waals surface area contributed by atoms with Gasteiger partial charge < -0.3 is 0 Å². The van der Waals surface area contributed by atoms with Crippen LogP contribution in [0.15, 0.2) is 18.1 Å². The van der Waals surface area contributed by atoms with Gasteiger partial charge in [-0.25, -0.2) is 0 Å². The molecule has 2 nitrogen and oxygen atoms in total. The predicted octanol–water partition coefficient (Wildman–Crippen LogP) is 0.486. The second-order valence-corrected chi connectivity index (χ2v) is 2.08. The van der Waals surface area contributed by atoms with Crippen LogP contribution in [-0.2, 0) is 0 Å². The Hall–Kier alpha value is -0.855. The van der Waals surface area contributed by atoms with Crippen LogP contribution in [-0.4, -0.2) is 26.0 Å². The third kappa shape index (κ3) is 1.52. The molecule has 1 aromatic rings. The van der Waals surface area contributed by atoms with E-state index in [1.54, 1.807) is 7.05 Å². The van der Waals surface area contributed by atoms with E-state index in [1.807, 2.05) is 37.1 Å². The third-order valence-corrected chi connectivity index (χ3v) is 1.11. The van der Waals surface area contributed by atoms with Gasteiger partial charge in [-0.1, -0.05) is 0 Å². The Morgan fingerprint density at radius 3 is 2.67 bits per heavy atom. The quantitative estimate of drug-likeness (QED) is 0.535. The fraction of sp³-hybridized carbons (Fsp3) is 0.333. The van der Waals surface area contributed by atoms with Crippen molar-refractivity contribution < 1.29 is 0 Å². The number of anilines is 1. The van der Waals surface area contributed by atoms with Gasteiger partial charge in [0.25, 0.3) is 0 Å². The molecular formula is C6H9BN2. The summed E-state index contributed by atoms with van der Waals surface area (Å²) in [6.07, 6.45) is 0. The predicted molar refractivity (Wildman–Crippen MR) is 39.9 cm³/mol. The standard InChI is InChI=1S/C6H9BN2/c1-9(2)6-4-3-5-7-8-6/h3-5H,1-2H3. The first kappa shape index (κ1) is 6.27. The van der Waals surface area contributed by atoms with E-state index in [4.69, 9.17) is 0 Å². The average molecular weight is 120 g/mol. The van der Waals surface area contributed by atoms with Crippen LogP contribution in [0.3, 0.4) is 0 Å². The first-order valence-electron chi connectivity index (χ1n) is 2.89. The zero-order chi connectivity index (χ0) is 6.69. The molecule has 0 spiro atoms. The molecule has 0 bridgehead atoms. The van der Waals surface area contributed by atoms with Crippen LogP contribution in [0.2, 0.25) is 0 Å². The molecule has 9 heavy (non-hydrogen) atoms. The Balaban J connectivity index is 2.85.